The Balaban J connectivity index is 1.86. The van der Waals surface area contributed by atoms with Gasteiger partial charge in [-0.2, -0.15) is 0 Å². The van der Waals surface area contributed by atoms with Crippen molar-refractivity contribution in [3.8, 4) is 5.75 Å². The molecule has 31 heavy (non-hydrogen) atoms. The van der Waals surface area contributed by atoms with Crippen LogP contribution in [0.4, 0.5) is 0 Å². The van der Waals surface area contributed by atoms with E-state index in [1.54, 1.807) is 24.3 Å². The Bertz CT molecular complexity index is 603. The zero-order valence-electron chi connectivity index (χ0n) is 19.3. The third kappa shape index (κ3) is 16.8. The summed E-state index contributed by atoms with van der Waals surface area (Å²) in [5.41, 5.74) is 0. The average Bonchev–Trinajstić information content (AvgIpc) is 2.74. The first-order chi connectivity index (χ1) is 15.1. The molecule has 4 nitrogen and oxygen atoms in total. The van der Waals surface area contributed by atoms with Crippen LogP contribution >= 0.6 is 11.6 Å². The largest absolute Gasteiger partial charge is 0.466 e. The van der Waals surface area contributed by atoms with Gasteiger partial charge in [-0.25, -0.2) is 0 Å². The molecule has 0 bridgehead atoms. The van der Waals surface area contributed by atoms with E-state index in [-0.39, 0.29) is 24.8 Å². The number of hydrogen-bond acceptors (Lipinski definition) is 4. The van der Waals surface area contributed by atoms with Gasteiger partial charge in [-0.05, 0) is 31.0 Å². The molecule has 0 N–H and O–H groups in total. The number of unbranched alkanes of at least 4 members (excludes halogenated alkanes) is 12. The molecule has 0 radical (unpaired) electrons. The summed E-state index contributed by atoms with van der Waals surface area (Å²) >= 11 is 5.85. The van der Waals surface area contributed by atoms with Gasteiger partial charge in [0.05, 0.1) is 6.61 Å². The zero-order valence-corrected chi connectivity index (χ0v) is 20.1. The molecule has 0 atom stereocenters. The van der Waals surface area contributed by atoms with E-state index in [1.165, 1.54) is 70.6 Å². The Hall–Kier alpha value is -1.55. The summed E-state index contributed by atoms with van der Waals surface area (Å²) < 4.78 is 10.4. The van der Waals surface area contributed by atoms with Crippen molar-refractivity contribution in [2.75, 3.05) is 6.61 Å². The minimum Gasteiger partial charge on any atom is -0.466 e. The van der Waals surface area contributed by atoms with Crippen LogP contribution in [-0.4, -0.2) is 18.5 Å². The van der Waals surface area contributed by atoms with Crippen molar-refractivity contribution in [1.82, 2.24) is 0 Å². The number of halogens is 1. The topological polar surface area (TPSA) is 52.6 Å². The Kier molecular flexibility index (Phi) is 17.0. The summed E-state index contributed by atoms with van der Waals surface area (Å²) in [6.45, 7) is 2.74. The van der Waals surface area contributed by atoms with Crippen LogP contribution in [0.3, 0.4) is 0 Å². The molecular weight excluding hydrogens is 412 g/mol. The smallest absolute Gasteiger partial charge is 0.311 e. The molecule has 0 spiro atoms. The summed E-state index contributed by atoms with van der Waals surface area (Å²) in [5, 5.41) is 0.516. The van der Waals surface area contributed by atoms with Gasteiger partial charge in [0, 0.05) is 17.9 Å². The molecule has 0 aliphatic heterocycles. The second-order valence-electron chi connectivity index (χ2n) is 8.25. The highest BCUT2D eigenvalue weighted by Crippen LogP contribution is 2.18. The number of carbonyl (C=O) groups is 2. The quantitative estimate of drug-likeness (QED) is 0.121. The lowest BCUT2D eigenvalue weighted by Crippen LogP contribution is -2.10. The van der Waals surface area contributed by atoms with Gasteiger partial charge in [-0.3, -0.25) is 9.59 Å². The van der Waals surface area contributed by atoms with Gasteiger partial charge in [0.15, 0.2) is 0 Å². The summed E-state index contributed by atoms with van der Waals surface area (Å²) in [6, 6.07) is 6.70. The molecule has 0 amide bonds. The molecule has 0 aliphatic carbocycles. The van der Waals surface area contributed by atoms with Crippen LogP contribution < -0.4 is 4.74 Å². The second-order valence-corrected chi connectivity index (χ2v) is 8.68. The van der Waals surface area contributed by atoms with Crippen LogP contribution in [0.15, 0.2) is 24.3 Å². The normalized spacial score (nSPS) is 10.8. The Labute approximate surface area is 194 Å². The lowest BCUT2D eigenvalue weighted by Gasteiger charge is -2.06. The fraction of sp³-hybridized carbons (Fsp3) is 0.692. The van der Waals surface area contributed by atoms with Crippen molar-refractivity contribution < 1.29 is 19.1 Å². The minimum absolute atomic E-state index is 0.181. The van der Waals surface area contributed by atoms with Gasteiger partial charge in [-0.15, -0.1) is 0 Å². The number of ether oxygens (including phenoxy) is 2. The van der Waals surface area contributed by atoms with Gasteiger partial charge in [0.2, 0.25) is 0 Å². The highest BCUT2D eigenvalue weighted by atomic mass is 35.5. The van der Waals surface area contributed by atoms with Crippen LogP contribution in [0.1, 0.15) is 110 Å². The van der Waals surface area contributed by atoms with Crippen molar-refractivity contribution in [2.24, 2.45) is 0 Å². The summed E-state index contributed by atoms with van der Waals surface area (Å²) in [7, 11) is 0. The van der Waals surface area contributed by atoms with Crippen LogP contribution in [0, 0.1) is 0 Å². The first kappa shape index (κ1) is 27.5. The van der Waals surface area contributed by atoms with Crippen molar-refractivity contribution in [2.45, 2.75) is 110 Å². The van der Waals surface area contributed by atoms with Crippen LogP contribution in [0.5, 0.6) is 5.75 Å². The molecule has 0 aliphatic rings. The van der Waals surface area contributed by atoms with E-state index >= 15 is 0 Å². The molecule has 0 fully saturated rings. The predicted molar refractivity (Wildman–Crippen MR) is 128 cm³/mol. The molecule has 0 saturated carbocycles. The SMILES string of the molecule is CCCCCCCCCCCCCCCOC(=O)CCCC(=O)Oc1cccc(Cl)c1. The maximum absolute atomic E-state index is 11.8. The number of benzene rings is 1. The molecule has 5 heteroatoms. The summed E-state index contributed by atoms with van der Waals surface area (Å²) in [5.74, 6) is -0.191. The van der Waals surface area contributed by atoms with Gasteiger partial charge in [0.1, 0.15) is 5.75 Å². The van der Waals surface area contributed by atoms with Gasteiger partial charge in [-0.1, -0.05) is 102 Å². The number of carbonyl (C=O) groups excluding carboxylic acids is 2. The molecule has 1 aromatic carbocycles. The summed E-state index contributed by atoms with van der Waals surface area (Å²) in [6.07, 6.45) is 17.7. The van der Waals surface area contributed by atoms with Crippen LogP contribution in [-0.2, 0) is 14.3 Å². The first-order valence-electron chi connectivity index (χ1n) is 12.2. The highest BCUT2D eigenvalue weighted by molar-refractivity contribution is 6.30. The van der Waals surface area contributed by atoms with E-state index in [0.717, 1.165) is 12.8 Å². The van der Waals surface area contributed by atoms with Gasteiger partial charge < -0.3 is 9.47 Å². The van der Waals surface area contributed by atoms with E-state index in [9.17, 15) is 9.59 Å². The molecule has 1 rings (SSSR count). The van der Waals surface area contributed by atoms with E-state index in [4.69, 9.17) is 21.1 Å². The third-order valence-electron chi connectivity index (χ3n) is 5.30. The van der Waals surface area contributed by atoms with E-state index < -0.39 is 0 Å². The minimum atomic E-state index is -0.369. The molecule has 0 unspecified atom stereocenters. The Morgan fingerprint density at radius 3 is 1.87 bits per heavy atom. The van der Waals surface area contributed by atoms with Crippen molar-refractivity contribution >= 4 is 23.5 Å². The lowest BCUT2D eigenvalue weighted by atomic mass is 10.0. The maximum Gasteiger partial charge on any atom is 0.311 e. The fourth-order valence-corrected chi connectivity index (χ4v) is 3.65. The second kappa shape index (κ2) is 19.2. The Morgan fingerprint density at radius 1 is 0.742 bits per heavy atom. The van der Waals surface area contributed by atoms with Crippen molar-refractivity contribution in [3.63, 3.8) is 0 Å². The van der Waals surface area contributed by atoms with Crippen LogP contribution in [0.25, 0.3) is 0 Å². The molecule has 0 saturated heterocycles. The Morgan fingerprint density at radius 2 is 1.29 bits per heavy atom. The number of rotatable bonds is 19. The molecule has 1 aromatic rings. The van der Waals surface area contributed by atoms with Gasteiger partial charge >= 0.3 is 11.9 Å². The third-order valence-corrected chi connectivity index (χ3v) is 5.54. The maximum atomic E-state index is 11.8. The van der Waals surface area contributed by atoms with Crippen molar-refractivity contribution in [1.29, 1.82) is 0 Å². The number of esters is 2. The summed E-state index contributed by atoms with van der Waals surface area (Å²) in [4.78, 5) is 23.5. The van der Waals surface area contributed by atoms with E-state index in [2.05, 4.69) is 6.92 Å². The van der Waals surface area contributed by atoms with Crippen molar-refractivity contribution in [3.05, 3.63) is 29.3 Å². The predicted octanol–water partition coefficient (Wildman–Crippen LogP) is 8.05. The average molecular weight is 453 g/mol. The van der Waals surface area contributed by atoms with E-state index in [0.29, 0.717) is 23.8 Å². The first-order valence-corrected chi connectivity index (χ1v) is 12.6. The lowest BCUT2D eigenvalue weighted by molar-refractivity contribution is -0.144. The fourth-order valence-electron chi connectivity index (χ4n) is 3.47. The molecular formula is C26H41ClO4. The molecule has 0 aromatic heterocycles. The molecule has 176 valence electrons. The standard InChI is InChI=1S/C26H41ClO4/c1-2-3-4-5-6-7-8-9-10-11-12-13-14-21-30-25(28)19-16-20-26(29)31-24-18-15-17-23(27)22-24/h15,17-18,22H,2-14,16,19-21H2,1H3. The molecule has 0 heterocycles. The number of hydrogen-bond donors (Lipinski definition) is 0. The highest BCUT2D eigenvalue weighted by Gasteiger charge is 2.08. The van der Waals surface area contributed by atoms with Crippen LogP contribution in [0.2, 0.25) is 5.02 Å². The monoisotopic (exact) mass is 452 g/mol. The zero-order chi connectivity index (χ0) is 22.6. The van der Waals surface area contributed by atoms with E-state index in [1.807, 2.05) is 0 Å². The van der Waals surface area contributed by atoms with Gasteiger partial charge in [0.25, 0.3) is 0 Å².